The highest BCUT2D eigenvalue weighted by Gasteiger charge is 2.16. The van der Waals surface area contributed by atoms with Gasteiger partial charge in [-0.05, 0) is 31.9 Å². The van der Waals surface area contributed by atoms with Crippen molar-refractivity contribution in [2.75, 3.05) is 0 Å². The quantitative estimate of drug-likeness (QED) is 0.429. The van der Waals surface area contributed by atoms with Gasteiger partial charge in [0.05, 0.1) is 0 Å². The Morgan fingerprint density at radius 1 is 0.500 bits per heavy atom. The summed E-state index contributed by atoms with van der Waals surface area (Å²) in [7, 11) is 0. The third-order valence-corrected chi connectivity index (χ3v) is 4.52. The lowest BCUT2D eigenvalue weighted by Crippen LogP contribution is -1.96. The zero-order chi connectivity index (χ0) is 13.7. The fourth-order valence-corrected chi connectivity index (χ4v) is 2.63. The van der Waals surface area contributed by atoms with Crippen molar-refractivity contribution in [1.29, 1.82) is 0 Å². The molecule has 4 aromatic rings. The Labute approximate surface area is 129 Å². The van der Waals surface area contributed by atoms with E-state index in [9.17, 15) is 0 Å². The van der Waals surface area contributed by atoms with Crippen molar-refractivity contribution in [3.05, 3.63) is 34.0 Å². The van der Waals surface area contributed by atoms with Crippen LogP contribution in [0, 0.1) is 0 Å². The Hall–Kier alpha value is -1.80. The summed E-state index contributed by atoms with van der Waals surface area (Å²) in [6.07, 6.45) is 6.51. The normalized spacial score (nSPS) is 11.5. The second-order valence-corrected chi connectivity index (χ2v) is 5.51. The molecule has 0 spiro atoms. The van der Waals surface area contributed by atoms with Crippen LogP contribution in [-0.2, 0) is 0 Å². The van der Waals surface area contributed by atoms with E-state index in [1.54, 1.807) is 24.8 Å². The largest absolute Gasteiger partial charge is 0.251 e. The molecule has 0 fully saturated rings. The lowest BCUT2D eigenvalue weighted by atomic mass is 10.2. The maximum atomic E-state index is 4.49. The van der Waals surface area contributed by atoms with Crippen molar-refractivity contribution in [3.8, 4) is 0 Å². The molecule has 0 radical (unpaired) electrons. The summed E-state index contributed by atoms with van der Waals surface area (Å²) in [5.41, 5.74) is 3.97. The number of hydrogen-bond donors (Lipinski definition) is 0. The molecule has 96 valence electrons. The Morgan fingerprint density at radius 2 is 0.800 bits per heavy atom. The maximum Gasteiger partial charge on any atom is 0.139 e. The van der Waals surface area contributed by atoms with Gasteiger partial charge in [-0.15, -0.1) is 0 Å². The van der Waals surface area contributed by atoms with Gasteiger partial charge in [-0.2, -0.15) is 0 Å². The number of halogens is 2. The summed E-state index contributed by atoms with van der Waals surface area (Å²) in [6, 6.07) is 0. The van der Waals surface area contributed by atoms with E-state index in [1.807, 2.05) is 0 Å². The summed E-state index contributed by atoms with van der Waals surface area (Å²) in [5.74, 6) is 0. The highest BCUT2D eigenvalue weighted by molar-refractivity contribution is 9.13. The summed E-state index contributed by atoms with van der Waals surface area (Å²) in [5, 5.41) is 0. The van der Waals surface area contributed by atoms with Crippen LogP contribution in [0.1, 0.15) is 0 Å². The van der Waals surface area contributed by atoms with E-state index in [0.29, 0.717) is 42.3 Å². The van der Waals surface area contributed by atoms with Crippen LogP contribution >= 0.6 is 31.9 Å². The highest BCUT2D eigenvalue weighted by atomic mass is 79.9. The van der Waals surface area contributed by atoms with Crippen LogP contribution in [0.3, 0.4) is 0 Å². The molecule has 6 nitrogen and oxygen atoms in total. The molecule has 0 amide bonds. The number of benzene rings is 1. The van der Waals surface area contributed by atoms with Crippen molar-refractivity contribution in [2.45, 2.75) is 0 Å². The lowest BCUT2D eigenvalue weighted by molar-refractivity contribution is 1.19. The average molecular weight is 392 g/mol. The Balaban J connectivity index is 2.42. The molecule has 4 rings (SSSR count). The van der Waals surface area contributed by atoms with Crippen LogP contribution in [0.2, 0.25) is 0 Å². The number of aromatic nitrogens is 6. The summed E-state index contributed by atoms with van der Waals surface area (Å²) in [6.45, 7) is 0. The van der Waals surface area contributed by atoms with E-state index in [1.165, 1.54) is 0 Å². The molecule has 0 atom stereocenters. The van der Waals surface area contributed by atoms with Gasteiger partial charge in [0.1, 0.15) is 42.3 Å². The van der Waals surface area contributed by atoms with Gasteiger partial charge >= 0.3 is 0 Å². The molecule has 3 heterocycles. The highest BCUT2D eigenvalue weighted by Crippen LogP contribution is 2.31. The second-order valence-electron chi connectivity index (χ2n) is 4.01. The Kier molecular flexibility index (Phi) is 2.61. The van der Waals surface area contributed by atoms with E-state index in [2.05, 4.69) is 61.8 Å². The standard InChI is InChI=1S/C12H4Br2N6/c13-11-12(14)20-10-8-6(16-2-4-18-8)5-7(9(10)19-11)17-3-1-15-5/h1-4H. The number of fused-ring (bicyclic) bond motifs is 6. The van der Waals surface area contributed by atoms with E-state index in [-0.39, 0.29) is 0 Å². The SMILES string of the molecule is Brc1nc2c3nccnc3c3nccnc3c2nc1Br. The second kappa shape index (κ2) is 4.35. The minimum absolute atomic E-state index is 0.611. The van der Waals surface area contributed by atoms with E-state index >= 15 is 0 Å². The van der Waals surface area contributed by atoms with Crippen LogP contribution in [-0.4, -0.2) is 29.9 Å². The molecule has 0 unspecified atom stereocenters. The molecule has 0 aliphatic heterocycles. The predicted octanol–water partition coefficient (Wildman–Crippen LogP) is 3.04. The van der Waals surface area contributed by atoms with Gasteiger partial charge in [0, 0.05) is 24.8 Å². The molecule has 0 aliphatic rings. The lowest BCUT2D eigenvalue weighted by Gasteiger charge is -2.06. The topological polar surface area (TPSA) is 77.3 Å². The molecule has 8 heteroatoms. The molecule has 0 bridgehead atoms. The van der Waals surface area contributed by atoms with Gasteiger partial charge in [0.15, 0.2) is 0 Å². The van der Waals surface area contributed by atoms with Crippen LogP contribution in [0.25, 0.3) is 33.1 Å². The molecule has 0 saturated carbocycles. The fraction of sp³-hybridized carbons (Fsp3) is 0. The van der Waals surface area contributed by atoms with Crippen LogP contribution in [0.15, 0.2) is 34.0 Å². The first-order valence-corrected chi connectivity index (χ1v) is 7.20. The van der Waals surface area contributed by atoms with Crippen molar-refractivity contribution >= 4 is 65.0 Å². The average Bonchev–Trinajstić information content (AvgIpc) is 2.49. The summed E-state index contributed by atoms with van der Waals surface area (Å²) in [4.78, 5) is 26.4. The first-order chi connectivity index (χ1) is 9.75. The maximum absolute atomic E-state index is 4.49. The third kappa shape index (κ3) is 1.61. The van der Waals surface area contributed by atoms with Gasteiger partial charge in [0.2, 0.25) is 0 Å². The van der Waals surface area contributed by atoms with Crippen LogP contribution in [0.4, 0.5) is 0 Å². The molecular weight excluding hydrogens is 388 g/mol. The number of rotatable bonds is 0. The Morgan fingerprint density at radius 3 is 1.15 bits per heavy atom. The van der Waals surface area contributed by atoms with Crippen molar-refractivity contribution in [2.24, 2.45) is 0 Å². The molecule has 0 saturated heterocycles. The van der Waals surface area contributed by atoms with Crippen molar-refractivity contribution in [3.63, 3.8) is 0 Å². The van der Waals surface area contributed by atoms with Crippen molar-refractivity contribution < 1.29 is 0 Å². The minimum Gasteiger partial charge on any atom is -0.251 e. The minimum atomic E-state index is 0.611. The molecule has 0 N–H and O–H groups in total. The van der Waals surface area contributed by atoms with E-state index < -0.39 is 0 Å². The first kappa shape index (κ1) is 12.0. The van der Waals surface area contributed by atoms with Gasteiger partial charge in [-0.3, -0.25) is 19.9 Å². The zero-order valence-electron chi connectivity index (χ0n) is 9.75. The molecular formula is C12H4Br2N6. The van der Waals surface area contributed by atoms with Gasteiger partial charge in [-0.25, -0.2) is 9.97 Å². The zero-order valence-corrected chi connectivity index (χ0v) is 12.9. The number of hydrogen-bond acceptors (Lipinski definition) is 6. The van der Waals surface area contributed by atoms with Gasteiger partial charge < -0.3 is 0 Å². The molecule has 20 heavy (non-hydrogen) atoms. The first-order valence-electron chi connectivity index (χ1n) is 5.62. The summed E-state index contributed by atoms with van der Waals surface area (Å²) < 4.78 is 1.22. The van der Waals surface area contributed by atoms with Gasteiger partial charge in [0.25, 0.3) is 0 Å². The Bertz CT molecular complexity index is 907. The number of nitrogens with zero attached hydrogens (tertiary/aromatic N) is 6. The van der Waals surface area contributed by atoms with E-state index in [4.69, 9.17) is 0 Å². The monoisotopic (exact) mass is 390 g/mol. The van der Waals surface area contributed by atoms with E-state index in [0.717, 1.165) is 0 Å². The van der Waals surface area contributed by atoms with Crippen LogP contribution < -0.4 is 0 Å². The van der Waals surface area contributed by atoms with Crippen molar-refractivity contribution in [1.82, 2.24) is 29.9 Å². The van der Waals surface area contributed by atoms with Crippen LogP contribution in [0.5, 0.6) is 0 Å². The fourth-order valence-electron chi connectivity index (χ4n) is 2.09. The van der Waals surface area contributed by atoms with Gasteiger partial charge in [-0.1, -0.05) is 0 Å². The predicted molar refractivity (Wildman–Crippen MR) is 81.1 cm³/mol. The summed E-state index contributed by atoms with van der Waals surface area (Å²) >= 11 is 6.72. The third-order valence-electron chi connectivity index (χ3n) is 2.88. The smallest absolute Gasteiger partial charge is 0.139 e. The molecule has 0 aliphatic carbocycles. The molecule has 3 aromatic heterocycles. The molecule has 1 aromatic carbocycles.